The van der Waals surface area contributed by atoms with E-state index in [0.29, 0.717) is 35.9 Å². The van der Waals surface area contributed by atoms with Gasteiger partial charge in [-0.05, 0) is 106 Å². The molecule has 11 heteroatoms. The summed E-state index contributed by atoms with van der Waals surface area (Å²) in [7, 11) is 1.50. The number of carbonyl (C=O) groups excluding carboxylic acids is 3. The maximum absolute atomic E-state index is 14.0. The minimum atomic E-state index is -0.960. The van der Waals surface area contributed by atoms with Crippen LogP contribution in [-0.4, -0.2) is 40.4 Å². The van der Waals surface area contributed by atoms with Crippen molar-refractivity contribution in [2.45, 2.75) is 128 Å². The van der Waals surface area contributed by atoms with Gasteiger partial charge in [-0.25, -0.2) is 4.39 Å². The number of aryl methyl sites for hydroxylation is 1. The largest absolute Gasteiger partial charge is 1.00 e. The molecule has 3 aromatic rings. The maximum Gasteiger partial charge on any atom is 1.00 e. The number of rotatable bonds is 23. The minimum Gasteiger partial charge on any atom is -0.550 e. The summed E-state index contributed by atoms with van der Waals surface area (Å²) < 4.78 is 14.9. The van der Waals surface area contributed by atoms with Crippen LogP contribution in [0.25, 0.3) is 11.0 Å². The Morgan fingerprint density at radius 2 is 1.51 bits per heavy atom. The molecule has 1 aliphatic rings. The van der Waals surface area contributed by atoms with Crippen LogP contribution in [0.15, 0.2) is 53.5 Å². The van der Waals surface area contributed by atoms with Gasteiger partial charge in [-0.1, -0.05) is 69.2 Å². The van der Waals surface area contributed by atoms with Crippen LogP contribution in [0.5, 0.6) is 0 Å². The van der Waals surface area contributed by atoms with E-state index in [-0.39, 0.29) is 65.9 Å². The number of carboxylic acid groups (broad SMARTS) is 1. The van der Waals surface area contributed by atoms with Crippen molar-refractivity contribution in [1.29, 1.82) is 0 Å². The standard InChI is InChI=1S/C40H53FN4O5.Na/c1-42-39(49)37-33(17-15-13-11-9-7-5-3-2-4-6-8-10-12-14-16-18-36(47)48)38-34(45(40(37)50)28-35(46)44-32-23-24-32)26-30(27-43-38)25-29-19-21-31(41)22-20-29;/h2,4,19-22,26-27,32H,3,5-18,23-25,28H2,1H3,(H,42,49)(H,44,46)(H,47,48);/q;+1/p-1/b4-2-;. The van der Waals surface area contributed by atoms with Gasteiger partial charge in [0.1, 0.15) is 17.9 Å². The monoisotopic (exact) mass is 710 g/mol. The van der Waals surface area contributed by atoms with E-state index < -0.39 is 17.4 Å². The predicted molar refractivity (Wildman–Crippen MR) is 192 cm³/mol. The molecule has 0 unspecified atom stereocenters. The summed E-state index contributed by atoms with van der Waals surface area (Å²) in [6, 6.07) is 8.24. The first-order chi connectivity index (χ1) is 24.3. The molecule has 0 bridgehead atoms. The number of fused-ring (bicyclic) bond motifs is 1. The van der Waals surface area contributed by atoms with E-state index in [4.69, 9.17) is 4.98 Å². The molecule has 1 fully saturated rings. The van der Waals surface area contributed by atoms with Crippen molar-refractivity contribution in [3.63, 3.8) is 0 Å². The molecule has 9 nitrogen and oxygen atoms in total. The van der Waals surface area contributed by atoms with Gasteiger partial charge in [0.15, 0.2) is 0 Å². The van der Waals surface area contributed by atoms with E-state index >= 15 is 0 Å². The van der Waals surface area contributed by atoms with Crippen LogP contribution in [0.3, 0.4) is 0 Å². The number of nitrogens with one attached hydrogen (secondary N) is 2. The topological polar surface area (TPSA) is 133 Å². The second kappa shape index (κ2) is 22.6. The fraction of sp³-hybridized carbons (Fsp3) is 0.525. The quantitative estimate of drug-likeness (QED) is 0.0884. The molecule has 0 radical (unpaired) electrons. The second-order valence-corrected chi connectivity index (χ2v) is 13.5. The van der Waals surface area contributed by atoms with Gasteiger partial charge in [0.2, 0.25) is 5.91 Å². The fourth-order valence-corrected chi connectivity index (χ4v) is 6.33. The molecule has 0 aliphatic heterocycles. The summed E-state index contributed by atoms with van der Waals surface area (Å²) in [5, 5.41) is 16.0. The summed E-state index contributed by atoms with van der Waals surface area (Å²) in [5.41, 5.74) is 2.93. The van der Waals surface area contributed by atoms with E-state index in [2.05, 4.69) is 22.8 Å². The number of allylic oxidation sites excluding steroid dienone is 2. The smallest absolute Gasteiger partial charge is 0.550 e. The summed E-state index contributed by atoms with van der Waals surface area (Å²) in [4.78, 5) is 55.2. The first-order valence-corrected chi connectivity index (χ1v) is 18.4. The van der Waals surface area contributed by atoms with Gasteiger partial charge < -0.3 is 20.5 Å². The van der Waals surface area contributed by atoms with Crippen molar-refractivity contribution in [3.8, 4) is 0 Å². The number of aromatic nitrogens is 2. The van der Waals surface area contributed by atoms with E-state index in [0.717, 1.165) is 101 Å². The molecule has 1 saturated carbocycles. The number of hydrogen-bond acceptors (Lipinski definition) is 6. The molecule has 0 saturated heterocycles. The number of carboxylic acids is 1. The van der Waals surface area contributed by atoms with E-state index in [1.54, 1.807) is 18.3 Å². The zero-order valence-corrected chi connectivity index (χ0v) is 32.4. The van der Waals surface area contributed by atoms with Gasteiger partial charge in [0, 0.05) is 25.3 Å². The zero-order valence-electron chi connectivity index (χ0n) is 30.4. The Morgan fingerprint density at radius 3 is 2.12 bits per heavy atom. The molecule has 4 rings (SSSR count). The summed E-state index contributed by atoms with van der Waals surface area (Å²) in [6.45, 7) is -0.207. The number of nitrogens with zero attached hydrogens (tertiary/aromatic N) is 2. The van der Waals surface area contributed by atoms with Gasteiger partial charge in [-0.15, -0.1) is 0 Å². The molecule has 2 heterocycles. The molecule has 2 aromatic heterocycles. The number of amides is 2. The molecule has 2 N–H and O–H groups in total. The number of halogens is 1. The Morgan fingerprint density at radius 1 is 0.902 bits per heavy atom. The number of carbonyl (C=O) groups is 3. The molecule has 1 aliphatic carbocycles. The number of pyridine rings is 2. The van der Waals surface area contributed by atoms with Crippen LogP contribution < -0.4 is 50.9 Å². The second-order valence-electron chi connectivity index (χ2n) is 13.5. The van der Waals surface area contributed by atoms with E-state index in [1.165, 1.54) is 23.7 Å². The Balaban J connectivity index is 0.00000702. The molecular weight excluding hydrogens is 658 g/mol. The van der Waals surface area contributed by atoms with E-state index in [1.807, 2.05) is 6.07 Å². The first-order valence-electron chi connectivity index (χ1n) is 18.4. The number of benzene rings is 1. The molecule has 0 spiro atoms. The van der Waals surface area contributed by atoms with Crippen LogP contribution >= 0.6 is 0 Å². The number of unbranched alkanes of at least 4 members (excludes halogenated alkanes) is 11. The van der Waals surface area contributed by atoms with Gasteiger partial charge in [0.05, 0.1) is 11.0 Å². The van der Waals surface area contributed by atoms with Crippen molar-refractivity contribution in [2.24, 2.45) is 0 Å². The van der Waals surface area contributed by atoms with Crippen LogP contribution in [0.2, 0.25) is 0 Å². The van der Waals surface area contributed by atoms with Crippen molar-refractivity contribution in [1.82, 2.24) is 20.2 Å². The first kappa shape index (κ1) is 42.1. The Bertz CT molecular complexity index is 1670. The summed E-state index contributed by atoms with van der Waals surface area (Å²) in [5.74, 6) is -2.03. The third-order valence-corrected chi connectivity index (χ3v) is 9.25. The van der Waals surface area contributed by atoms with Gasteiger partial charge in [-0.3, -0.25) is 23.9 Å². The van der Waals surface area contributed by atoms with Crippen molar-refractivity contribution < 1.29 is 53.4 Å². The maximum atomic E-state index is 14.0. The molecule has 51 heavy (non-hydrogen) atoms. The summed E-state index contributed by atoms with van der Waals surface area (Å²) in [6.07, 6.45) is 22.6. The van der Waals surface area contributed by atoms with Crippen LogP contribution in [0.4, 0.5) is 4.39 Å². The van der Waals surface area contributed by atoms with Crippen LogP contribution in [0, 0.1) is 5.82 Å². The average molecular weight is 711 g/mol. The van der Waals surface area contributed by atoms with Gasteiger partial charge in [-0.2, -0.15) is 0 Å². The van der Waals surface area contributed by atoms with E-state index in [9.17, 15) is 28.7 Å². The fourth-order valence-electron chi connectivity index (χ4n) is 6.33. The molecular formula is C40H52FN4NaO5. The summed E-state index contributed by atoms with van der Waals surface area (Å²) >= 11 is 0. The van der Waals surface area contributed by atoms with Crippen LogP contribution in [-0.2, 0) is 29.0 Å². The Hall–Kier alpha value is -3.34. The number of aliphatic carboxylic acids is 1. The average Bonchev–Trinajstić information content (AvgIpc) is 3.92. The number of hydrogen-bond donors (Lipinski definition) is 2. The molecule has 0 atom stereocenters. The van der Waals surface area contributed by atoms with Crippen molar-refractivity contribution in [3.05, 3.63) is 87.1 Å². The Labute approximate surface area is 323 Å². The third-order valence-electron chi connectivity index (χ3n) is 9.25. The van der Waals surface area contributed by atoms with Crippen LogP contribution in [0.1, 0.15) is 130 Å². The Kier molecular flexibility index (Phi) is 18.6. The molecule has 2 amide bonds. The van der Waals surface area contributed by atoms with Crippen molar-refractivity contribution in [2.75, 3.05) is 7.05 Å². The minimum absolute atomic E-state index is 0. The van der Waals surface area contributed by atoms with Crippen molar-refractivity contribution >= 4 is 28.8 Å². The van der Waals surface area contributed by atoms with Gasteiger partial charge in [0.25, 0.3) is 11.5 Å². The predicted octanol–water partition coefficient (Wildman–Crippen LogP) is 3.08. The third kappa shape index (κ3) is 14.3. The normalized spacial score (nSPS) is 12.6. The van der Waals surface area contributed by atoms with Gasteiger partial charge >= 0.3 is 29.6 Å². The zero-order chi connectivity index (χ0) is 35.7. The molecule has 1 aromatic carbocycles. The molecule has 270 valence electrons. The SMILES string of the molecule is CNC(=O)c1c(CCCCCCCC/C=C\CCCCCCCC(=O)[O-])c2ncc(Cc3ccc(F)cc3)cc2n(CC(=O)NC2CC2)c1=O.[Na+].